The number of para-hydroxylation sites is 1. The van der Waals surface area contributed by atoms with Gasteiger partial charge in [0.25, 0.3) is 0 Å². The van der Waals surface area contributed by atoms with Gasteiger partial charge < -0.3 is 15.0 Å². The van der Waals surface area contributed by atoms with Crippen LogP contribution >= 0.6 is 0 Å². The van der Waals surface area contributed by atoms with E-state index in [4.69, 9.17) is 10.5 Å². The molecule has 0 amide bonds. The van der Waals surface area contributed by atoms with Crippen LogP contribution in [0, 0.1) is 0 Å². The molecule has 1 aromatic heterocycles. The minimum atomic E-state index is -3.33. The second-order valence-corrected chi connectivity index (χ2v) is 6.52. The molecule has 2 rings (SSSR count). The Morgan fingerprint density at radius 3 is 2.74 bits per heavy atom. The van der Waals surface area contributed by atoms with Gasteiger partial charge in [-0.25, -0.2) is 13.4 Å². The number of hydrogen-bond acceptors (Lipinski definition) is 5. The fourth-order valence-corrected chi connectivity index (χ4v) is 3.01. The molecule has 0 fully saturated rings. The van der Waals surface area contributed by atoms with E-state index in [0.717, 1.165) is 6.26 Å². The lowest BCUT2D eigenvalue weighted by atomic mass is 10.3. The molecule has 1 aromatic carbocycles. The Kier molecular flexibility index (Phi) is 3.51. The maximum absolute atomic E-state index is 11.7. The van der Waals surface area contributed by atoms with E-state index in [0.29, 0.717) is 17.6 Å². The minimum Gasteiger partial charge on any atom is -0.383 e. The van der Waals surface area contributed by atoms with E-state index < -0.39 is 9.84 Å². The Morgan fingerprint density at radius 1 is 1.47 bits per heavy atom. The highest BCUT2D eigenvalue weighted by Crippen LogP contribution is 2.27. The predicted molar refractivity (Wildman–Crippen MR) is 73.8 cm³/mol. The molecule has 1 heterocycles. The van der Waals surface area contributed by atoms with Gasteiger partial charge in [0.1, 0.15) is 5.52 Å². The Bertz CT molecular complexity index is 706. The third kappa shape index (κ3) is 2.43. The smallest absolute Gasteiger partial charge is 0.201 e. The molecule has 0 saturated carbocycles. The molecule has 2 N–H and O–H groups in total. The molecule has 0 saturated heterocycles. The van der Waals surface area contributed by atoms with Gasteiger partial charge in [0, 0.05) is 13.4 Å². The lowest BCUT2D eigenvalue weighted by Crippen LogP contribution is -2.13. The second-order valence-electron chi connectivity index (χ2n) is 4.54. The predicted octanol–water partition coefficient (Wildman–Crippen LogP) is 1.23. The van der Waals surface area contributed by atoms with Gasteiger partial charge in [-0.15, -0.1) is 0 Å². The van der Waals surface area contributed by atoms with Crippen molar-refractivity contribution in [3.8, 4) is 0 Å². The monoisotopic (exact) mass is 283 g/mol. The molecule has 19 heavy (non-hydrogen) atoms. The van der Waals surface area contributed by atoms with Gasteiger partial charge in [-0.1, -0.05) is 6.07 Å². The van der Waals surface area contributed by atoms with Gasteiger partial charge in [-0.05, 0) is 19.1 Å². The number of benzene rings is 1. The number of hydrogen-bond donors (Lipinski definition) is 1. The van der Waals surface area contributed by atoms with Gasteiger partial charge in [0.05, 0.1) is 23.1 Å². The summed E-state index contributed by atoms with van der Waals surface area (Å²) in [4.78, 5) is 4.38. The molecule has 0 aliphatic carbocycles. The first-order valence-corrected chi connectivity index (χ1v) is 7.70. The minimum absolute atomic E-state index is 0.0233. The number of aromatic nitrogens is 2. The van der Waals surface area contributed by atoms with E-state index >= 15 is 0 Å². The number of nitrogens with two attached hydrogens (primary N) is 1. The fraction of sp³-hybridized carbons (Fsp3) is 0.417. The van der Waals surface area contributed by atoms with E-state index in [1.165, 1.54) is 6.07 Å². The molecule has 0 aliphatic rings. The molecule has 0 radical (unpaired) electrons. The van der Waals surface area contributed by atoms with Crippen LogP contribution in [0.2, 0.25) is 0 Å². The van der Waals surface area contributed by atoms with Crippen molar-refractivity contribution in [2.75, 3.05) is 25.7 Å². The van der Waals surface area contributed by atoms with Crippen LogP contribution < -0.4 is 5.73 Å². The summed E-state index contributed by atoms with van der Waals surface area (Å²) in [5.41, 5.74) is 7.01. The summed E-state index contributed by atoms with van der Waals surface area (Å²) in [6, 6.07) is 5.01. The van der Waals surface area contributed by atoms with Crippen molar-refractivity contribution < 1.29 is 13.2 Å². The standard InChI is InChI=1S/C12H17N3O3S/c1-8(7-18-2)15-9-5-4-6-10(19(3,16)17)11(9)14-12(15)13/h4-6,8H,7H2,1-3H3,(H2,13,14). The number of rotatable bonds is 4. The van der Waals surface area contributed by atoms with Crippen molar-refractivity contribution in [2.24, 2.45) is 0 Å². The summed E-state index contributed by atoms with van der Waals surface area (Å²) in [7, 11) is -1.73. The SMILES string of the molecule is COCC(C)n1c(N)nc2c(S(C)(=O)=O)cccc21. The number of methoxy groups -OCH3 is 1. The number of anilines is 1. The van der Waals surface area contributed by atoms with E-state index in [1.54, 1.807) is 23.8 Å². The number of fused-ring (bicyclic) bond motifs is 1. The van der Waals surface area contributed by atoms with Crippen LogP contribution in [0.3, 0.4) is 0 Å². The molecule has 6 nitrogen and oxygen atoms in total. The maximum Gasteiger partial charge on any atom is 0.201 e. The summed E-state index contributed by atoms with van der Waals surface area (Å²) >= 11 is 0. The van der Waals surface area contributed by atoms with Gasteiger partial charge in [-0.2, -0.15) is 0 Å². The summed E-state index contributed by atoms with van der Waals surface area (Å²) in [6.07, 6.45) is 1.16. The Labute approximate surface area is 112 Å². The zero-order valence-electron chi connectivity index (χ0n) is 11.1. The van der Waals surface area contributed by atoms with E-state index in [9.17, 15) is 8.42 Å². The molecular weight excluding hydrogens is 266 g/mol. The lowest BCUT2D eigenvalue weighted by Gasteiger charge is -2.14. The third-order valence-corrected chi connectivity index (χ3v) is 4.09. The fourth-order valence-electron chi connectivity index (χ4n) is 2.19. The lowest BCUT2D eigenvalue weighted by molar-refractivity contribution is 0.164. The van der Waals surface area contributed by atoms with Crippen LogP contribution in [0.5, 0.6) is 0 Å². The number of nitrogen functional groups attached to an aromatic ring is 1. The zero-order valence-corrected chi connectivity index (χ0v) is 11.9. The molecule has 7 heteroatoms. The maximum atomic E-state index is 11.7. The second kappa shape index (κ2) is 4.82. The summed E-state index contributed by atoms with van der Waals surface area (Å²) in [6.45, 7) is 2.41. The molecular formula is C12H17N3O3S. The Morgan fingerprint density at radius 2 is 2.16 bits per heavy atom. The van der Waals surface area contributed by atoms with Gasteiger partial charge in [-0.3, -0.25) is 0 Å². The van der Waals surface area contributed by atoms with Crippen LogP contribution in [0.15, 0.2) is 23.1 Å². The van der Waals surface area contributed by atoms with Crippen molar-refractivity contribution in [3.05, 3.63) is 18.2 Å². The average molecular weight is 283 g/mol. The third-order valence-electron chi connectivity index (χ3n) is 2.96. The van der Waals surface area contributed by atoms with E-state index in [1.807, 2.05) is 6.92 Å². The highest BCUT2D eigenvalue weighted by molar-refractivity contribution is 7.91. The van der Waals surface area contributed by atoms with Crippen LogP contribution in [-0.4, -0.2) is 37.9 Å². The van der Waals surface area contributed by atoms with Crippen molar-refractivity contribution in [1.82, 2.24) is 9.55 Å². The topological polar surface area (TPSA) is 87.2 Å². The van der Waals surface area contributed by atoms with Crippen LogP contribution in [0.1, 0.15) is 13.0 Å². The first kappa shape index (κ1) is 13.8. The van der Waals surface area contributed by atoms with Crippen LogP contribution in [0.4, 0.5) is 5.95 Å². The van der Waals surface area contributed by atoms with Gasteiger partial charge in [0.2, 0.25) is 5.95 Å². The number of imidazole rings is 1. The Hall–Kier alpha value is -1.60. The van der Waals surface area contributed by atoms with Gasteiger partial charge in [0.15, 0.2) is 9.84 Å². The van der Waals surface area contributed by atoms with Crippen LogP contribution in [-0.2, 0) is 14.6 Å². The molecule has 0 spiro atoms. The summed E-state index contributed by atoms with van der Waals surface area (Å²) < 4.78 is 30.4. The van der Waals surface area contributed by atoms with Crippen molar-refractivity contribution >= 4 is 26.8 Å². The quantitative estimate of drug-likeness (QED) is 0.912. The number of nitrogens with zero attached hydrogens (tertiary/aromatic N) is 2. The molecule has 0 aliphatic heterocycles. The normalized spacial score (nSPS) is 13.8. The molecule has 104 valence electrons. The summed E-state index contributed by atoms with van der Waals surface area (Å²) in [5.74, 6) is 0.288. The zero-order chi connectivity index (χ0) is 14.2. The van der Waals surface area contributed by atoms with Crippen molar-refractivity contribution in [2.45, 2.75) is 17.9 Å². The summed E-state index contributed by atoms with van der Waals surface area (Å²) in [5, 5.41) is 0. The van der Waals surface area contributed by atoms with Crippen LogP contribution in [0.25, 0.3) is 11.0 Å². The molecule has 2 aromatic rings. The highest BCUT2D eigenvalue weighted by Gasteiger charge is 2.19. The average Bonchev–Trinajstić information content (AvgIpc) is 2.63. The van der Waals surface area contributed by atoms with Crippen molar-refractivity contribution in [1.29, 1.82) is 0 Å². The molecule has 1 unspecified atom stereocenters. The van der Waals surface area contributed by atoms with E-state index in [2.05, 4.69) is 4.98 Å². The molecule has 1 atom stereocenters. The number of ether oxygens (including phenoxy) is 1. The van der Waals surface area contributed by atoms with E-state index in [-0.39, 0.29) is 16.9 Å². The number of sulfone groups is 1. The Balaban J connectivity index is 2.73. The molecule has 0 bridgehead atoms. The van der Waals surface area contributed by atoms with Crippen molar-refractivity contribution in [3.63, 3.8) is 0 Å². The van der Waals surface area contributed by atoms with Gasteiger partial charge >= 0.3 is 0 Å². The highest BCUT2D eigenvalue weighted by atomic mass is 32.2. The first-order chi connectivity index (χ1) is 8.86. The first-order valence-electron chi connectivity index (χ1n) is 5.81. The largest absolute Gasteiger partial charge is 0.383 e.